The van der Waals surface area contributed by atoms with E-state index in [9.17, 15) is 0 Å². The molecule has 154 valence electrons. The molecule has 0 atom stereocenters. The van der Waals surface area contributed by atoms with E-state index >= 15 is 0 Å². The third-order valence-corrected chi connectivity index (χ3v) is 7.09. The Kier molecular flexibility index (Phi) is 5.65. The predicted molar refractivity (Wildman–Crippen MR) is 124 cm³/mol. The first-order valence-corrected chi connectivity index (χ1v) is 11.7. The van der Waals surface area contributed by atoms with Crippen LogP contribution in [0.5, 0.6) is 0 Å². The van der Waals surface area contributed by atoms with Crippen LogP contribution in [-0.2, 0) is 19.4 Å². The number of benzene rings is 1. The fraction of sp³-hybridized carbons (Fsp3) is 0.360. The molecule has 1 aliphatic rings. The molecule has 0 unspecified atom stereocenters. The van der Waals surface area contributed by atoms with Gasteiger partial charge in [-0.3, -0.25) is 4.90 Å². The lowest BCUT2D eigenvalue weighted by atomic mass is 10.0. The van der Waals surface area contributed by atoms with Crippen LogP contribution in [-0.4, -0.2) is 32.5 Å². The molecule has 3 aromatic heterocycles. The molecule has 4 heterocycles. The van der Waals surface area contributed by atoms with Gasteiger partial charge in [0.2, 0.25) is 0 Å². The van der Waals surface area contributed by atoms with Gasteiger partial charge in [0.1, 0.15) is 11.3 Å². The topological polar surface area (TPSA) is 34.0 Å². The van der Waals surface area contributed by atoms with E-state index < -0.39 is 0 Å². The number of pyridine rings is 1. The maximum absolute atomic E-state index is 4.98. The largest absolute Gasteiger partial charge is 0.309 e. The van der Waals surface area contributed by atoms with Crippen molar-refractivity contribution in [1.29, 1.82) is 0 Å². The van der Waals surface area contributed by atoms with Crippen molar-refractivity contribution in [3.63, 3.8) is 0 Å². The number of rotatable bonds is 6. The lowest BCUT2D eigenvalue weighted by molar-refractivity contribution is 0.181. The predicted octanol–water partition coefficient (Wildman–Crippen LogP) is 5.42. The Labute approximate surface area is 182 Å². The molecule has 4 aromatic rings. The number of likely N-dealkylation sites (tertiary alicyclic amines) is 1. The molecule has 1 fully saturated rings. The van der Waals surface area contributed by atoms with Crippen LogP contribution in [0.25, 0.3) is 11.2 Å². The zero-order valence-corrected chi connectivity index (χ0v) is 18.3. The van der Waals surface area contributed by atoms with Crippen LogP contribution in [0.15, 0.2) is 60.8 Å². The second kappa shape index (κ2) is 8.70. The van der Waals surface area contributed by atoms with E-state index in [0.717, 1.165) is 56.5 Å². The average molecular weight is 417 g/mol. The first-order valence-electron chi connectivity index (χ1n) is 10.9. The highest BCUT2D eigenvalue weighted by Gasteiger charge is 2.25. The van der Waals surface area contributed by atoms with Crippen molar-refractivity contribution >= 4 is 22.5 Å². The molecule has 0 radical (unpaired) electrons. The summed E-state index contributed by atoms with van der Waals surface area (Å²) in [7, 11) is 0. The molecule has 0 N–H and O–H groups in total. The van der Waals surface area contributed by atoms with Crippen LogP contribution < -0.4 is 0 Å². The summed E-state index contributed by atoms with van der Waals surface area (Å²) in [5.41, 5.74) is 3.44. The van der Waals surface area contributed by atoms with Gasteiger partial charge < -0.3 is 4.57 Å². The lowest BCUT2D eigenvalue weighted by Crippen LogP contribution is -2.34. The third kappa shape index (κ3) is 4.18. The Morgan fingerprint density at radius 2 is 1.80 bits per heavy atom. The molecular formula is C25H28N4S. The van der Waals surface area contributed by atoms with Gasteiger partial charge in [0.15, 0.2) is 5.65 Å². The van der Waals surface area contributed by atoms with Crippen molar-refractivity contribution in [2.45, 2.75) is 45.2 Å². The summed E-state index contributed by atoms with van der Waals surface area (Å²) in [6, 6.07) is 19.8. The summed E-state index contributed by atoms with van der Waals surface area (Å²) in [4.78, 5) is 15.2. The van der Waals surface area contributed by atoms with E-state index in [1.807, 2.05) is 23.6 Å². The number of hydrogen-bond donors (Lipinski definition) is 0. The summed E-state index contributed by atoms with van der Waals surface area (Å²) in [6.07, 6.45) is 6.18. The zero-order valence-electron chi connectivity index (χ0n) is 17.5. The highest BCUT2D eigenvalue weighted by molar-refractivity contribution is 7.11. The molecule has 0 bridgehead atoms. The summed E-state index contributed by atoms with van der Waals surface area (Å²) in [5.74, 6) is 1.18. The minimum absolute atomic E-state index is 0.483. The second-order valence-corrected chi connectivity index (χ2v) is 9.62. The number of imidazole rings is 1. The summed E-state index contributed by atoms with van der Waals surface area (Å²) in [5, 5.41) is 0. The average Bonchev–Trinajstić information content (AvgIpc) is 3.36. The van der Waals surface area contributed by atoms with Crippen LogP contribution >= 0.6 is 11.3 Å². The molecule has 1 saturated heterocycles. The van der Waals surface area contributed by atoms with Crippen molar-refractivity contribution in [3.8, 4) is 0 Å². The van der Waals surface area contributed by atoms with Gasteiger partial charge in [-0.05, 0) is 56.0 Å². The molecule has 5 heteroatoms. The number of aryl methyl sites for hydroxylation is 3. The minimum atomic E-state index is 0.483. The fourth-order valence-corrected chi connectivity index (χ4v) is 5.50. The first kappa shape index (κ1) is 19.5. The zero-order chi connectivity index (χ0) is 20.3. The summed E-state index contributed by atoms with van der Waals surface area (Å²) >= 11 is 1.92. The number of aromatic nitrogens is 3. The number of thiophene rings is 1. The molecule has 0 spiro atoms. The SMILES string of the molecule is Cc1ccc(CN2CCC(n3c(CCc4ccccc4)nc4cccnc43)CC2)s1. The van der Waals surface area contributed by atoms with Gasteiger partial charge in [-0.1, -0.05) is 30.3 Å². The normalized spacial score (nSPS) is 15.8. The molecule has 0 aliphatic carbocycles. The molecular weight excluding hydrogens is 388 g/mol. The van der Waals surface area contributed by atoms with Gasteiger partial charge in [0.05, 0.1) is 0 Å². The highest BCUT2D eigenvalue weighted by Crippen LogP contribution is 2.30. The van der Waals surface area contributed by atoms with Crippen molar-refractivity contribution in [2.75, 3.05) is 13.1 Å². The van der Waals surface area contributed by atoms with Crippen LogP contribution in [0.1, 0.15) is 40.0 Å². The Hall–Kier alpha value is -2.50. The van der Waals surface area contributed by atoms with E-state index in [2.05, 4.69) is 64.9 Å². The van der Waals surface area contributed by atoms with E-state index in [1.165, 1.54) is 21.1 Å². The van der Waals surface area contributed by atoms with Crippen LogP contribution in [0.3, 0.4) is 0 Å². The van der Waals surface area contributed by atoms with Crippen LogP contribution in [0, 0.1) is 6.92 Å². The van der Waals surface area contributed by atoms with E-state index in [4.69, 9.17) is 9.97 Å². The summed E-state index contributed by atoms with van der Waals surface area (Å²) < 4.78 is 2.45. The van der Waals surface area contributed by atoms with Gasteiger partial charge in [-0.25, -0.2) is 9.97 Å². The monoisotopic (exact) mass is 416 g/mol. The Balaban J connectivity index is 1.33. The van der Waals surface area contributed by atoms with Gasteiger partial charge in [0, 0.05) is 48.0 Å². The Morgan fingerprint density at radius 3 is 2.57 bits per heavy atom. The van der Waals surface area contributed by atoms with Crippen LogP contribution in [0.2, 0.25) is 0 Å². The number of hydrogen-bond acceptors (Lipinski definition) is 4. The maximum atomic E-state index is 4.98. The molecule has 1 aliphatic heterocycles. The molecule has 4 nitrogen and oxygen atoms in total. The molecule has 1 aromatic carbocycles. The van der Waals surface area contributed by atoms with Crippen molar-refractivity contribution < 1.29 is 0 Å². The summed E-state index contributed by atoms with van der Waals surface area (Å²) in [6.45, 7) is 5.53. The minimum Gasteiger partial charge on any atom is -0.309 e. The van der Waals surface area contributed by atoms with Gasteiger partial charge in [-0.2, -0.15) is 0 Å². The smallest absolute Gasteiger partial charge is 0.160 e. The Morgan fingerprint density at radius 1 is 0.967 bits per heavy atom. The second-order valence-electron chi connectivity index (χ2n) is 8.25. The standard InChI is InChI=1S/C25H28N4S/c1-19-9-11-22(30-19)18-28-16-13-21(14-17-28)29-24(12-10-20-6-3-2-4-7-20)27-23-8-5-15-26-25(23)29/h2-9,11,15,21H,10,12-14,16-18H2,1H3. The Bertz CT molecular complexity index is 1110. The third-order valence-electron chi connectivity index (χ3n) is 6.10. The first-order chi connectivity index (χ1) is 14.8. The van der Waals surface area contributed by atoms with Gasteiger partial charge in [0.25, 0.3) is 0 Å². The number of nitrogens with zero attached hydrogens (tertiary/aromatic N) is 4. The molecule has 0 saturated carbocycles. The van der Waals surface area contributed by atoms with Crippen LogP contribution in [0.4, 0.5) is 0 Å². The number of fused-ring (bicyclic) bond motifs is 1. The molecule has 5 rings (SSSR count). The fourth-order valence-electron chi connectivity index (χ4n) is 4.56. The van der Waals surface area contributed by atoms with E-state index in [-0.39, 0.29) is 0 Å². The lowest BCUT2D eigenvalue weighted by Gasteiger charge is -2.33. The number of piperidine rings is 1. The molecule has 0 amide bonds. The highest BCUT2D eigenvalue weighted by atomic mass is 32.1. The maximum Gasteiger partial charge on any atom is 0.160 e. The van der Waals surface area contributed by atoms with Crippen molar-refractivity contribution in [3.05, 3.63) is 81.9 Å². The van der Waals surface area contributed by atoms with Crippen molar-refractivity contribution in [2.24, 2.45) is 0 Å². The van der Waals surface area contributed by atoms with Gasteiger partial charge in [-0.15, -0.1) is 11.3 Å². The van der Waals surface area contributed by atoms with Gasteiger partial charge >= 0.3 is 0 Å². The van der Waals surface area contributed by atoms with E-state index in [1.54, 1.807) is 0 Å². The van der Waals surface area contributed by atoms with Crippen molar-refractivity contribution in [1.82, 2.24) is 19.4 Å². The molecule has 30 heavy (non-hydrogen) atoms. The quantitative estimate of drug-likeness (QED) is 0.421. The van der Waals surface area contributed by atoms with E-state index in [0.29, 0.717) is 6.04 Å².